The standard InChI is InChI=1S/C14H15N3/c1-9(2)12-6-14-11(8-16-12)10-7-15-5-4-13(10)17(14)3/h4-9H,1-3H3. The fourth-order valence-corrected chi connectivity index (χ4v) is 2.28. The summed E-state index contributed by atoms with van der Waals surface area (Å²) in [5, 5.41) is 2.35. The van der Waals surface area contributed by atoms with Gasteiger partial charge in [0.25, 0.3) is 0 Å². The molecule has 0 aromatic carbocycles. The Bertz CT molecular complexity index is 695. The Morgan fingerprint density at radius 3 is 2.65 bits per heavy atom. The van der Waals surface area contributed by atoms with E-state index in [9.17, 15) is 0 Å². The largest absolute Gasteiger partial charge is 0.343 e. The smallest absolute Gasteiger partial charge is 0.0523 e. The number of hydrogen-bond acceptors (Lipinski definition) is 2. The highest BCUT2D eigenvalue weighted by Crippen LogP contribution is 2.28. The number of aromatic nitrogens is 3. The van der Waals surface area contributed by atoms with E-state index in [-0.39, 0.29) is 0 Å². The summed E-state index contributed by atoms with van der Waals surface area (Å²) in [5.41, 5.74) is 3.57. The van der Waals surface area contributed by atoms with Gasteiger partial charge in [-0.1, -0.05) is 13.8 Å². The Kier molecular flexibility index (Phi) is 2.15. The number of rotatable bonds is 1. The summed E-state index contributed by atoms with van der Waals surface area (Å²) in [6, 6.07) is 4.23. The van der Waals surface area contributed by atoms with Gasteiger partial charge in [0.15, 0.2) is 0 Å². The molecule has 0 saturated carbocycles. The highest BCUT2D eigenvalue weighted by molar-refractivity contribution is 6.07. The molecule has 86 valence electrons. The second-order valence-electron chi connectivity index (χ2n) is 4.73. The summed E-state index contributed by atoms with van der Waals surface area (Å²) >= 11 is 0. The lowest BCUT2D eigenvalue weighted by molar-refractivity contribution is 0.824. The molecule has 17 heavy (non-hydrogen) atoms. The van der Waals surface area contributed by atoms with Crippen molar-refractivity contribution in [1.82, 2.24) is 14.5 Å². The van der Waals surface area contributed by atoms with E-state index < -0.39 is 0 Å². The molecule has 0 atom stereocenters. The van der Waals surface area contributed by atoms with Crippen molar-refractivity contribution in [1.29, 1.82) is 0 Å². The van der Waals surface area contributed by atoms with Crippen molar-refractivity contribution < 1.29 is 0 Å². The highest BCUT2D eigenvalue weighted by atomic mass is 14.9. The summed E-state index contributed by atoms with van der Waals surface area (Å²) in [7, 11) is 2.09. The van der Waals surface area contributed by atoms with Gasteiger partial charge in [-0.25, -0.2) is 0 Å². The zero-order chi connectivity index (χ0) is 12.0. The molecular formula is C14H15N3. The Hall–Kier alpha value is -1.90. The zero-order valence-corrected chi connectivity index (χ0v) is 10.3. The normalized spacial score (nSPS) is 11.8. The van der Waals surface area contributed by atoms with Gasteiger partial charge in [-0.2, -0.15) is 0 Å². The summed E-state index contributed by atoms with van der Waals surface area (Å²) in [6.45, 7) is 4.33. The summed E-state index contributed by atoms with van der Waals surface area (Å²) in [6.07, 6.45) is 5.71. The predicted octanol–water partition coefficient (Wildman–Crippen LogP) is 3.24. The first-order valence-electron chi connectivity index (χ1n) is 5.86. The van der Waals surface area contributed by atoms with Crippen LogP contribution in [0.25, 0.3) is 21.8 Å². The third-order valence-electron chi connectivity index (χ3n) is 3.31. The van der Waals surface area contributed by atoms with Crippen LogP contribution in [0.3, 0.4) is 0 Å². The molecule has 0 amide bonds. The van der Waals surface area contributed by atoms with Gasteiger partial charge in [-0.05, 0) is 18.1 Å². The lowest BCUT2D eigenvalue weighted by Crippen LogP contribution is -1.93. The lowest BCUT2D eigenvalue weighted by atomic mass is 10.1. The zero-order valence-electron chi connectivity index (χ0n) is 10.3. The molecule has 0 fully saturated rings. The number of fused-ring (bicyclic) bond motifs is 3. The average molecular weight is 225 g/mol. The number of nitrogens with zero attached hydrogens (tertiary/aromatic N) is 3. The fraction of sp³-hybridized carbons (Fsp3) is 0.286. The minimum Gasteiger partial charge on any atom is -0.343 e. The summed E-state index contributed by atoms with van der Waals surface area (Å²) in [4.78, 5) is 8.72. The predicted molar refractivity (Wildman–Crippen MR) is 70.1 cm³/mol. The second-order valence-corrected chi connectivity index (χ2v) is 4.73. The average Bonchev–Trinajstić information content (AvgIpc) is 2.64. The fourth-order valence-electron chi connectivity index (χ4n) is 2.28. The van der Waals surface area contributed by atoms with Crippen LogP contribution in [0, 0.1) is 0 Å². The highest BCUT2D eigenvalue weighted by Gasteiger charge is 2.10. The Morgan fingerprint density at radius 2 is 1.88 bits per heavy atom. The van der Waals surface area contributed by atoms with Crippen molar-refractivity contribution in [2.45, 2.75) is 19.8 Å². The van der Waals surface area contributed by atoms with Gasteiger partial charge < -0.3 is 4.57 Å². The molecule has 3 aromatic rings. The molecule has 3 rings (SSSR count). The van der Waals surface area contributed by atoms with E-state index >= 15 is 0 Å². The second kappa shape index (κ2) is 3.55. The topological polar surface area (TPSA) is 30.7 Å². The van der Waals surface area contributed by atoms with Crippen molar-refractivity contribution in [3.8, 4) is 0 Å². The SMILES string of the molecule is CC(C)c1cc2c(cn1)c1cnccc1n2C. The van der Waals surface area contributed by atoms with Crippen LogP contribution in [-0.4, -0.2) is 14.5 Å². The molecule has 0 bridgehead atoms. The van der Waals surface area contributed by atoms with Crippen LogP contribution in [-0.2, 0) is 7.05 Å². The molecule has 3 heteroatoms. The summed E-state index contributed by atoms with van der Waals surface area (Å²) < 4.78 is 2.21. The van der Waals surface area contributed by atoms with Crippen molar-refractivity contribution in [2.75, 3.05) is 0 Å². The van der Waals surface area contributed by atoms with Crippen LogP contribution < -0.4 is 0 Å². The van der Waals surface area contributed by atoms with Gasteiger partial charge in [0, 0.05) is 42.1 Å². The molecule has 0 unspecified atom stereocenters. The van der Waals surface area contributed by atoms with E-state index in [2.05, 4.69) is 41.5 Å². The lowest BCUT2D eigenvalue weighted by Gasteiger charge is -2.04. The molecule has 0 N–H and O–H groups in total. The molecule has 0 radical (unpaired) electrons. The Morgan fingerprint density at radius 1 is 1.12 bits per heavy atom. The van der Waals surface area contributed by atoms with Crippen molar-refractivity contribution in [3.63, 3.8) is 0 Å². The van der Waals surface area contributed by atoms with E-state index in [0.717, 1.165) is 5.69 Å². The molecule has 0 aliphatic heterocycles. The monoisotopic (exact) mass is 225 g/mol. The number of aryl methyl sites for hydroxylation is 1. The van der Waals surface area contributed by atoms with Gasteiger partial charge in [0.1, 0.15) is 0 Å². The van der Waals surface area contributed by atoms with Gasteiger partial charge in [-0.3, -0.25) is 9.97 Å². The van der Waals surface area contributed by atoms with Gasteiger partial charge >= 0.3 is 0 Å². The van der Waals surface area contributed by atoms with Crippen LogP contribution in [0.4, 0.5) is 0 Å². The van der Waals surface area contributed by atoms with Crippen LogP contribution in [0.15, 0.2) is 30.7 Å². The van der Waals surface area contributed by atoms with Crippen molar-refractivity contribution in [3.05, 3.63) is 36.4 Å². The minimum atomic E-state index is 0.454. The summed E-state index contributed by atoms with van der Waals surface area (Å²) in [5.74, 6) is 0.454. The van der Waals surface area contributed by atoms with E-state index in [1.807, 2.05) is 24.7 Å². The third-order valence-corrected chi connectivity index (χ3v) is 3.31. The quantitative estimate of drug-likeness (QED) is 0.636. The maximum atomic E-state index is 4.53. The number of hydrogen-bond donors (Lipinski definition) is 0. The minimum absolute atomic E-state index is 0.454. The Balaban J connectivity index is 2.45. The first kappa shape index (κ1) is 10.3. The Labute approximate surface area is 100 Å². The van der Waals surface area contributed by atoms with Gasteiger partial charge in [-0.15, -0.1) is 0 Å². The molecule has 3 nitrogen and oxygen atoms in total. The maximum absolute atomic E-state index is 4.53. The maximum Gasteiger partial charge on any atom is 0.0523 e. The molecule has 0 aliphatic rings. The molecule has 0 spiro atoms. The molecule has 0 aliphatic carbocycles. The van der Waals surface area contributed by atoms with Crippen LogP contribution in [0.2, 0.25) is 0 Å². The third kappa shape index (κ3) is 1.42. The number of pyridine rings is 2. The van der Waals surface area contributed by atoms with Crippen LogP contribution >= 0.6 is 0 Å². The van der Waals surface area contributed by atoms with Crippen LogP contribution in [0.1, 0.15) is 25.5 Å². The van der Waals surface area contributed by atoms with Gasteiger partial charge in [0.2, 0.25) is 0 Å². The molecule has 3 aromatic heterocycles. The van der Waals surface area contributed by atoms with Gasteiger partial charge in [0.05, 0.1) is 11.0 Å². The van der Waals surface area contributed by atoms with E-state index in [1.54, 1.807) is 0 Å². The van der Waals surface area contributed by atoms with E-state index in [1.165, 1.54) is 21.8 Å². The van der Waals surface area contributed by atoms with Crippen molar-refractivity contribution >= 4 is 21.8 Å². The van der Waals surface area contributed by atoms with E-state index in [0.29, 0.717) is 5.92 Å². The van der Waals surface area contributed by atoms with Crippen molar-refractivity contribution in [2.24, 2.45) is 7.05 Å². The first-order chi connectivity index (χ1) is 8.18. The molecular weight excluding hydrogens is 210 g/mol. The molecule has 3 heterocycles. The van der Waals surface area contributed by atoms with Crippen LogP contribution in [0.5, 0.6) is 0 Å². The van der Waals surface area contributed by atoms with E-state index in [4.69, 9.17) is 0 Å². The molecule has 0 saturated heterocycles. The first-order valence-corrected chi connectivity index (χ1v) is 5.86.